The predicted molar refractivity (Wildman–Crippen MR) is 109 cm³/mol. The van der Waals surface area contributed by atoms with Gasteiger partial charge in [-0.25, -0.2) is 4.79 Å². The molecule has 0 spiro atoms. The Morgan fingerprint density at radius 1 is 1.00 bits per heavy atom. The summed E-state index contributed by atoms with van der Waals surface area (Å²) in [7, 11) is 1.33. The number of aryl methyl sites for hydroxylation is 1. The molecule has 1 amide bonds. The Bertz CT molecular complexity index is 973. The second-order valence-electron chi connectivity index (χ2n) is 5.98. The third-order valence-corrected chi connectivity index (χ3v) is 4.92. The van der Waals surface area contributed by atoms with Gasteiger partial charge < -0.3 is 10.1 Å². The van der Waals surface area contributed by atoms with Gasteiger partial charge in [-0.05, 0) is 48.9 Å². The van der Waals surface area contributed by atoms with Crippen molar-refractivity contribution in [2.45, 2.75) is 11.9 Å². The van der Waals surface area contributed by atoms with E-state index < -0.39 is 5.97 Å². The van der Waals surface area contributed by atoms with E-state index in [0.717, 1.165) is 16.8 Å². The number of ether oxygens (including phenoxy) is 1. The zero-order valence-electron chi connectivity index (χ0n) is 15.5. The number of thioether (sulfide) groups is 1. The van der Waals surface area contributed by atoms with Crippen molar-refractivity contribution in [3.05, 3.63) is 71.8 Å². The summed E-state index contributed by atoms with van der Waals surface area (Å²) in [4.78, 5) is 23.5. The van der Waals surface area contributed by atoms with Gasteiger partial charge in [-0.3, -0.25) is 4.79 Å². The Kier molecular flexibility index (Phi) is 6.39. The summed E-state index contributed by atoms with van der Waals surface area (Å²) in [5, 5.41) is 11.9. The molecule has 0 aliphatic rings. The number of nitrogens with one attached hydrogen (secondary N) is 1. The summed E-state index contributed by atoms with van der Waals surface area (Å²) in [6, 6.07) is 18.3. The first-order valence-electron chi connectivity index (χ1n) is 8.57. The quantitative estimate of drug-likeness (QED) is 0.504. The number of aromatic nitrogens is 2. The summed E-state index contributed by atoms with van der Waals surface area (Å²) in [5.74, 6) is -0.376. The molecule has 1 N–H and O–H groups in total. The molecule has 0 aliphatic heterocycles. The predicted octanol–water partition coefficient (Wildman–Crippen LogP) is 3.97. The SMILES string of the molecule is COC(=O)c1ccc(NC(=O)CSc2ccc(-c3ccccc3C)nn2)cc1. The van der Waals surface area contributed by atoms with E-state index in [-0.39, 0.29) is 11.7 Å². The van der Waals surface area contributed by atoms with Crippen molar-refractivity contribution in [2.24, 2.45) is 0 Å². The van der Waals surface area contributed by atoms with Crippen LogP contribution in [0, 0.1) is 6.92 Å². The molecule has 1 aromatic heterocycles. The Balaban J connectivity index is 1.54. The summed E-state index contributed by atoms with van der Waals surface area (Å²) < 4.78 is 4.65. The Morgan fingerprint density at radius 3 is 2.39 bits per heavy atom. The number of amides is 1. The molecule has 0 atom stereocenters. The standard InChI is InChI=1S/C21H19N3O3S/c1-14-5-3-4-6-17(14)18-11-12-20(24-23-18)28-13-19(25)22-16-9-7-15(8-10-16)21(26)27-2/h3-12H,13H2,1-2H3,(H,22,25). The van der Waals surface area contributed by atoms with Crippen molar-refractivity contribution in [1.29, 1.82) is 0 Å². The fourth-order valence-electron chi connectivity index (χ4n) is 2.55. The summed E-state index contributed by atoms with van der Waals surface area (Å²) >= 11 is 1.31. The molecule has 2 aromatic carbocycles. The fraction of sp³-hybridized carbons (Fsp3) is 0.143. The number of carbonyl (C=O) groups is 2. The molecule has 6 nitrogen and oxygen atoms in total. The van der Waals surface area contributed by atoms with Gasteiger partial charge in [0.15, 0.2) is 0 Å². The number of rotatable bonds is 6. The number of nitrogens with zero attached hydrogens (tertiary/aromatic N) is 2. The van der Waals surface area contributed by atoms with E-state index in [1.54, 1.807) is 24.3 Å². The average molecular weight is 393 g/mol. The molecule has 28 heavy (non-hydrogen) atoms. The molecule has 0 saturated carbocycles. The van der Waals surface area contributed by atoms with Gasteiger partial charge >= 0.3 is 5.97 Å². The third kappa shape index (κ3) is 4.95. The van der Waals surface area contributed by atoms with Crippen LogP contribution in [0.3, 0.4) is 0 Å². The highest BCUT2D eigenvalue weighted by Crippen LogP contribution is 2.22. The third-order valence-electron chi connectivity index (χ3n) is 4.00. The number of anilines is 1. The van der Waals surface area contributed by atoms with Crippen molar-refractivity contribution in [3.8, 4) is 11.3 Å². The van der Waals surface area contributed by atoms with Crippen LogP contribution in [0.4, 0.5) is 5.69 Å². The molecule has 0 bridgehead atoms. The minimum Gasteiger partial charge on any atom is -0.465 e. The second-order valence-corrected chi connectivity index (χ2v) is 6.97. The van der Waals surface area contributed by atoms with E-state index in [1.165, 1.54) is 18.9 Å². The molecule has 0 saturated heterocycles. The van der Waals surface area contributed by atoms with Gasteiger partial charge in [-0.15, -0.1) is 10.2 Å². The smallest absolute Gasteiger partial charge is 0.337 e. The van der Waals surface area contributed by atoms with Crippen LogP contribution < -0.4 is 5.32 Å². The first kappa shape index (κ1) is 19.6. The zero-order valence-corrected chi connectivity index (χ0v) is 16.3. The van der Waals surface area contributed by atoms with Gasteiger partial charge in [0.2, 0.25) is 5.91 Å². The van der Waals surface area contributed by atoms with Crippen molar-refractivity contribution < 1.29 is 14.3 Å². The first-order valence-corrected chi connectivity index (χ1v) is 9.56. The molecule has 3 aromatic rings. The molecular formula is C21H19N3O3S. The minimum atomic E-state index is -0.416. The number of benzene rings is 2. The largest absolute Gasteiger partial charge is 0.465 e. The van der Waals surface area contributed by atoms with Crippen LogP contribution in [0.5, 0.6) is 0 Å². The molecular weight excluding hydrogens is 374 g/mol. The monoisotopic (exact) mass is 393 g/mol. The van der Waals surface area contributed by atoms with E-state index in [2.05, 4.69) is 20.3 Å². The highest BCUT2D eigenvalue weighted by atomic mass is 32.2. The van der Waals surface area contributed by atoms with E-state index in [1.807, 2.05) is 43.3 Å². The molecule has 0 fully saturated rings. The lowest BCUT2D eigenvalue weighted by atomic mass is 10.1. The van der Waals surface area contributed by atoms with E-state index >= 15 is 0 Å². The maximum absolute atomic E-state index is 12.1. The van der Waals surface area contributed by atoms with Crippen LogP contribution in [-0.2, 0) is 9.53 Å². The van der Waals surface area contributed by atoms with Crippen LogP contribution >= 0.6 is 11.8 Å². The summed E-state index contributed by atoms with van der Waals surface area (Å²) in [6.45, 7) is 2.03. The number of hydrogen-bond acceptors (Lipinski definition) is 6. The van der Waals surface area contributed by atoms with E-state index in [9.17, 15) is 9.59 Å². The van der Waals surface area contributed by atoms with Gasteiger partial charge in [0.1, 0.15) is 5.03 Å². The maximum atomic E-state index is 12.1. The van der Waals surface area contributed by atoms with Crippen LogP contribution in [0.25, 0.3) is 11.3 Å². The number of esters is 1. The van der Waals surface area contributed by atoms with Gasteiger partial charge in [0.05, 0.1) is 24.1 Å². The van der Waals surface area contributed by atoms with Gasteiger partial charge in [-0.2, -0.15) is 0 Å². The molecule has 3 rings (SSSR count). The highest BCUT2D eigenvalue weighted by molar-refractivity contribution is 7.99. The lowest BCUT2D eigenvalue weighted by Gasteiger charge is -2.07. The minimum absolute atomic E-state index is 0.166. The second kappa shape index (κ2) is 9.14. The lowest BCUT2D eigenvalue weighted by Crippen LogP contribution is -2.14. The zero-order chi connectivity index (χ0) is 19.9. The molecule has 0 radical (unpaired) electrons. The van der Waals surface area contributed by atoms with Crippen LogP contribution in [-0.4, -0.2) is 34.9 Å². The van der Waals surface area contributed by atoms with Crippen LogP contribution in [0.1, 0.15) is 15.9 Å². The normalized spacial score (nSPS) is 10.4. The molecule has 142 valence electrons. The maximum Gasteiger partial charge on any atom is 0.337 e. The number of hydrogen-bond donors (Lipinski definition) is 1. The molecule has 0 unspecified atom stereocenters. The van der Waals surface area contributed by atoms with Gasteiger partial charge in [-0.1, -0.05) is 36.0 Å². The summed E-state index contributed by atoms with van der Waals surface area (Å²) in [5.41, 5.74) is 4.02. The van der Waals surface area contributed by atoms with Crippen molar-refractivity contribution in [3.63, 3.8) is 0 Å². The average Bonchev–Trinajstić information content (AvgIpc) is 2.73. The van der Waals surface area contributed by atoms with Gasteiger partial charge in [0, 0.05) is 11.3 Å². The highest BCUT2D eigenvalue weighted by Gasteiger charge is 2.09. The van der Waals surface area contributed by atoms with Crippen molar-refractivity contribution in [2.75, 3.05) is 18.2 Å². The Morgan fingerprint density at radius 2 is 1.75 bits per heavy atom. The molecule has 7 heteroatoms. The molecule has 1 heterocycles. The van der Waals surface area contributed by atoms with Crippen LogP contribution in [0.2, 0.25) is 0 Å². The van der Waals surface area contributed by atoms with Gasteiger partial charge in [0.25, 0.3) is 0 Å². The van der Waals surface area contributed by atoms with Crippen molar-refractivity contribution in [1.82, 2.24) is 10.2 Å². The van der Waals surface area contributed by atoms with Crippen LogP contribution in [0.15, 0.2) is 65.7 Å². The Hall–Kier alpha value is -3.19. The topological polar surface area (TPSA) is 81.2 Å². The fourth-order valence-corrected chi connectivity index (χ4v) is 3.16. The van der Waals surface area contributed by atoms with E-state index in [0.29, 0.717) is 16.3 Å². The Labute approximate surface area is 167 Å². The number of carbonyl (C=O) groups excluding carboxylic acids is 2. The molecule has 0 aliphatic carbocycles. The van der Waals surface area contributed by atoms with E-state index in [4.69, 9.17) is 0 Å². The summed E-state index contributed by atoms with van der Waals surface area (Å²) in [6.07, 6.45) is 0. The first-order chi connectivity index (χ1) is 13.6. The van der Waals surface area contributed by atoms with Crippen molar-refractivity contribution >= 4 is 29.3 Å². The lowest BCUT2D eigenvalue weighted by molar-refractivity contribution is -0.113. The number of methoxy groups -OCH3 is 1.